The number of nitrogens with zero attached hydrogens (tertiary/aromatic N) is 1. The van der Waals surface area contributed by atoms with Gasteiger partial charge >= 0.3 is 0 Å². The van der Waals surface area contributed by atoms with E-state index in [4.69, 9.17) is 15.2 Å². The van der Waals surface area contributed by atoms with Crippen LogP contribution in [0, 0.1) is 0 Å². The summed E-state index contributed by atoms with van der Waals surface area (Å²) in [5, 5.41) is 2.78. The molecule has 1 unspecified atom stereocenters. The quantitative estimate of drug-likeness (QED) is 0.487. The number of rotatable bonds is 11. The Morgan fingerprint density at radius 1 is 1.50 bits per heavy atom. The second-order valence-corrected chi connectivity index (χ2v) is 4.18. The number of methoxy groups -OCH3 is 1. The molecular formula is C12H27N3O3. The molecule has 0 aromatic heterocycles. The number of ether oxygens (including phenoxy) is 2. The van der Waals surface area contributed by atoms with Crippen molar-refractivity contribution in [1.29, 1.82) is 0 Å². The molecule has 0 saturated carbocycles. The first-order chi connectivity index (χ1) is 8.63. The smallest absolute Gasteiger partial charge is 0.234 e. The van der Waals surface area contributed by atoms with Gasteiger partial charge in [-0.05, 0) is 20.4 Å². The highest BCUT2D eigenvalue weighted by Crippen LogP contribution is 1.98. The maximum Gasteiger partial charge on any atom is 0.234 e. The lowest BCUT2D eigenvalue weighted by atomic mass is 10.2. The van der Waals surface area contributed by atoms with Crippen molar-refractivity contribution in [2.75, 3.05) is 53.6 Å². The number of amides is 1. The molecular weight excluding hydrogens is 234 g/mol. The molecule has 0 spiro atoms. The van der Waals surface area contributed by atoms with Crippen molar-refractivity contribution in [1.82, 2.24) is 10.2 Å². The minimum Gasteiger partial charge on any atom is -0.383 e. The zero-order chi connectivity index (χ0) is 13.8. The normalized spacial score (nSPS) is 12.7. The molecule has 0 rings (SSSR count). The maximum absolute atomic E-state index is 11.5. The van der Waals surface area contributed by atoms with Gasteiger partial charge in [-0.15, -0.1) is 0 Å². The highest BCUT2D eigenvalue weighted by molar-refractivity contribution is 5.77. The standard InChI is InChI=1S/C12H27N3O3/c1-4-18-11(9-13)5-7-15(2)10-12(16)14-6-8-17-3/h11H,4-10,13H2,1-3H3,(H,14,16). The molecule has 0 aliphatic rings. The largest absolute Gasteiger partial charge is 0.383 e. The molecule has 0 aliphatic carbocycles. The lowest BCUT2D eigenvalue weighted by Crippen LogP contribution is -2.38. The average molecular weight is 261 g/mol. The van der Waals surface area contributed by atoms with Gasteiger partial charge in [-0.3, -0.25) is 9.69 Å². The number of hydrogen-bond acceptors (Lipinski definition) is 5. The molecule has 108 valence electrons. The van der Waals surface area contributed by atoms with Crippen molar-refractivity contribution in [2.45, 2.75) is 19.4 Å². The van der Waals surface area contributed by atoms with Gasteiger partial charge in [-0.1, -0.05) is 0 Å². The Labute approximate surface area is 110 Å². The molecule has 1 amide bonds. The van der Waals surface area contributed by atoms with E-state index in [9.17, 15) is 4.79 Å². The highest BCUT2D eigenvalue weighted by atomic mass is 16.5. The Morgan fingerprint density at radius 3 is 2.78 bits per heavy atom. The van der Waals surface area contributed by atoms with Crippen molar-refractivity contribution >= 4 is 5.91 Å². The van der Waals surface area contributed by atoms with E-state index in [1.165, 1.54) is 0 Å². The first-order valence-corrected chi connectivity index (χ1v) is 6.39. The van der Waals surface area contributed by atoms with Crippen LogP contribution in [0.2, 0.25) is 0 Å². The number of nitrogens with two attached hydrogens (primary N) is 1. The maximum atomic E-state index is 11.5. The summed E-state index contributed by atoms with van der Waals surface area (Å²) < 4.78 is 10.3. The van der Waals surface area contributed by atoms with Crippen LogP contribution in [0.5, 0.6) is 0 Å². The summed E-state index contributed by atoms with van der Waals surface area (Å²) in [7, 11) is 3.52. The minimum absolute atomic E-state index is 0.00950. The van der Waals surface area contributed by atoms with Crippen LogP contribution >= 0.6 is 0 Å². The number of hydrogen-bond donors (Lipinski definition) is 2. The first-order valence-electron chi connectivity index (χ1n) is 6.39. The van der Waals surface area contributed by atoms with Crippen LogP contribution in [-0.4, -0.2) is 70.5 Å². The monoisotopic (exact) mass is 261 g/mol. The van der Waals surface area contributed by atoms with Crippen LogP contribution in [0.1, 0.15) is 13.3 Å². The molecule has 6 heteroatoms. The van der Waals surface area contributed by atoms with Gasteiger partial charge in [0, 0.05) is 33.4 Å². The van der Waals surface area contributed by atoms with Crippen LogP contribution in [0.3, 0.4) is 0 Å². The van der Waals surface area contributed by atoms with Crippen LogP contribution in [0.4, 0.5) is 0 Å². The van der Waals surface area contributed by atoms with E-state index >= 15 is 0 Å². The molecule has 0 aromatic rings. The van der Waals surface area contributed by atoms with Crippen LogP contribution < -0.4 is 11.1 Å². The summed E-state index contributed by atoms with van der Waals surface area (Å²) in [6, 6.07) is 0. The third kappa shape index (κ3) is 9.35. The van der Waals surface area contributed by atoms with Gasteiger partial charge in [0.05, 0.1) is 19.3 Å². The van der Waals surface area contributed by atoms with Gasteiger partial charge in [0.1, 0.15) is 0 Å². The fourth-order valence-corrected chi connectivity index (χ4v) is 1.54. The van der Waals surface area contributed by atoms with Gasteiger partial charge in [0.15, 0.2) is 0 Å². The van der Waals surface area contributed by atoms with Crippen molar-refractivity contribution in [3.8, 4) is 0 Å². The second-order valence-electron chi connectivity index (χ2n) is 4.18. The van der Waals surface area contributed by atoms with Gasteiger partial charge in [-0.25, -0.2) is 0 Å². The molecule has 0 aliphatic heterocycles. The van der Waals surface area contributed by atoms with E-state index in [1.807, 2.05) is 18.9 Å². The number of likely N-dealkylation sites (N-methyl/N-ethyl adjacent to an activating group) is 1. The molecule has 6 nitrogen and oxygen atoms in total. The summed E-state index contributed by atoms with van der Waals surface area (Å²) in [4.78, 5) is 13.5. The molecule has 0 heterocycles. The molecule has 18 heavy (non-hydrogen) atoms. The van der Waals surface area contributed by atoms with Crippen molar-refractivity contribution < 1.29 is 14.3 Å². The van der Waals surface area contributed by atoms with E-state index in [0.717, 1.165) is 13.0 Å². The van der Waals surface area contributed by atoms with Gasteiger partial charge in [0.2, 0.25) is 5.91 Å². The molecule has 0 bridgehead atoms. The predicted molar refractivity (Wildman–Crippen MR) is 71.5 cm³/mol. The third-order valence-corrected chi connectivity index (χ3v) is 2.54. The van der Waals surface area contributed by atoms with Crippen molar-refractivity contribution in [3.63, 3.8) is 0 Å². The van der Waals surface area contributed by atoms with Crippen LogP contribution in [-0.2, 0) is 14.3 Å². The average Bonchev–Trinajstić information content (AvgIpc) is 2.34. The molecule has 0 aromatic carbocycles. The molecule has 1 atom stereocenters. The van der Waals surface area contributed by atoms with Crippen molar-refractivity contribution in [2.24, 2.45) is 5.73 Å². The predicted octanol–water partition coefficient (Wildman–Crippen LogP) is -0.565. The minimum atomic E-state index is 0.00950. The van der Waals surface area contributed by atoms with Gasteiger partial charge < -0.3 is 20.5 Å². The second kappa shape index (κ2) is 11.4. The van der Waals surface area contributed by atoms with Gasteiger partial charge in [-0.2, -0.15) is 0 Å². The fraction of sp³-hybridized carbons (Fsp3) is 0.917. The van der Waals surface area contributed by atoms with Crippen molar-refractivity contribution in [3.05, 3.63) is 0 Å². The summed E-state index contributed by atoms with van der Waals surface area (Å²) in [5.41, 5.74) is 5.59. The molecule has 0 radical (unpaired) electrons. The zero-order valence-corrected chi connectivity index (χ0v) is 11.8. The summed E-state index contributed by atoms with van der Waals surface area (Å²) in [6.45, 7) is 5.40. The fourth-order valence-electron chi connectivity index (χ4n) is 1.54. The SMILES string of the molecule is CCOC(CN)CCN(C)CC(=O)NCCOC. The Balaban J connectivity index is 3.68. The highest BCUT2D eigenvalue weighted by Gasteiger charge is 2.10. The molecule has 0 saturated heterocycles. The lowest BCUT2D eigenvalue weighted by molar-refractivity contribution is -0.122. The van der Waals surface area contributed by atoms with E-state index in [0.29, 0.717) is 32.8 Å². The molecule has 3 N–H and O–H groups in total. The zero-order valence-electron chi connectivity index (χ0n) is 11.8. The lowest BCUT2D eigenvalue weighted by Gasteiger charge is -2.20. The van der Waals surface area contributed by atoms with Crippen LogP contribution in [0.25, 0.3) is 0 Å². The van der Waals surface area contributed by atoms with Crippen LogP contribution in [0.15, 0.2) is 0 Å². The number of nitrogens with one attached hydrogen (secondary N) is 1. The van der Waals surface area contributed by atoms with Gasteiger partial charge in [0.25, 0.3) is 0 Å². The van der Waals surface area contributed by atoms with E-state index in [-0.39, 0.29) is 12.0 Å². The Kier molecular flexibility index (Phi) is 11.0. The summed E-state index contributed by atoms with van der Waals surface area (Å²) >= 11 is 0. The first kappa shape index (κ1) is 17.3. The van der Waals surface area contributed by atoms with E-state index in [2.05, 4.69) is 5.32 Å². The summed E-state index contributed by atoms with van der Waals surface area (Å²) in [6.07, 6.45) is 0.917. The van der Waals surface area contributed by atoms with E-state index < -0.39 is 0 Å². The number of carbonyl (C=O) groups excluding carboxylic acids is 1. The third-order valence-electron chi connectivity index (χ3n) is 2.54. The topological polar surface area (TPSA) is 76.8 Å². The Morgan fingerprint density at radius 2 is 2.22 bits per heavy atom. The Hall–Kier alpha value is -0.690. The van der Waals surface area contributed by atoms with E-state index in [1.54, 1.807) is 7.11 Å². The summed E-state index contributed by atoms with van der Waals surface area (Å²) in [5.74, 6) is 0.00950. The number of carbonyl (C=O) groups is 1. The Bertz CT molecular complexity index is 215. The molecule has 0 fully saturated rings.